The highest BCUT2D eigenvalue weighted by atomic mass is 32.1. The number of aromatic nitrogens is 2. The molecule has 2 aromatic heterocycles. The van der Waals surface area contributed by atoms with Gasteiger partial charge < -0.3 is 14.6 Å². The van der Waals surface area contributed by atoms with E-state index in [-0.39, 0.29) is 34.2 Å². The zero-order valence-corrected chi connectivity index (χ0v) is 22.2. The number of aryl methyl sites for hydroxylation is 1. The van der Waals surface area contributed by atoms with E-state index < -0.39 is 34.8 Å². The molecule has 0 saturated heterocycles. The molecule has 10 heteroatoms. The largest absolute Gasteiger partial charge is 0.480 e. The predicted octanol–water partition coefficient (Wildman–Crippen LogP) is 3.94. The quantitative estimate of drug-likeness (QED) is 0.406. The van der Waals surface area contributed by atoms with Crippen molar-refractivity contribution >= 4 is 33.5 Å². The van der Waals surface area contributed by atoms with E-state index in [4.69, 9.17) is 9.47 Å². The molecular formula is C26H32N2O7S. The Balaban J connectivity index is 2.35. The van der Waals surface area contributed by atoms with Crippen LogP contribution in [0.1, 0.15) is 61.5 Å². The Morgan fingerprint density at radius 1 is 1.14 bits per heavy atom. The number of nitrogens with zero attached hydrogens (tertiary/aromatic N) is 2. The van der Waals surface area contributed by atoms with Gasteiger partial charge in [0.1, 0.15) is 21.4 Å². The standard InChI is InChI=1S/C26H32N2O7S/c1-7-34-23(30)20-16(4)19-21(29)28(26(5,6)24(31)32)25(33)27(22(19)36-20)13-18(35-14-15(2)3)17-11-9-8-10-12-17/h8-12,15,18H,7,13-14H2,1-6H3,(H,31,32)/t18-/m0/s1. The molecule has 0 bridgehead atoms. The lowest BCUT2D eigenvalue weighted by molar-refractivity contribution is -0.146. The molecule has 1 N–H and O–H groups in total. The van der Waals surface area contributed by atoms with E-state index >= 15 is 0 Å². The second-order valence-electron chi connectivity index (χ2n) is 9.48. The van der Waals surface area contributed by atoms with E-state index in [2.05, 4.69) is 0 Å². The summed E-state index contributed by atoms with van der Waals surface area (Å²) in [6, 6.07) is 9.36. The van der Waals surface area contributed by atoms with Crippen molar-refractivity contribution in [3.8, 4) is 0 Å². The first kappa shape index (κ1) is 27.3. The number of carboxylic acids is 1. The zero-order chi connectivity index (χ0) is 26.8. The highest BCUT2D eigenvalue weighted by molar-refractivity contribution is 7.20. The second kappa shape index (κ2) is 10.8. The Kier molecular flexibility index (Phi) is 8.20. The Morgan fingerprint density at radius 3 is 2.33 bits per heavy atom. The number of thiophene rings is 1. The Bertz CT molecular complexity index is 1380. The van der Waals surface area contributed by atoms with Crippen molar-refractivity contribution in [2.75, 3.05) is 13.2 Å². The molecule has 0 amide bonds. The third kappa shape index (κ3) is 5.15. The van der Waals surface area contributed by atoms with Gasteiger partial charge in [-0.2, -0.15) is 0 Å². The van der Waals surface area contributed by atoms with Crippen LogP contribution in [0.3, 0.4) is 0 Å². The minimum absolute atomic E-state index is 0.0181. The minimum Gasteiger partial charge on any atom is -0.480 e. The molecule has 36 heavy (non-hydrogen) atoms. The molecule has 0 aliphatic rings. The van der Waals surface area contributed by atoms with Crippen molar-refractivity contribution in [1.29, 1.82) is 0 Å². The molecule has 2 heterocycles. The number of hydrogen-bond donors (Lipinski definition) is 1. The van der Waals surface area contributed by atoms with Crippen molar-refractivity contribution in [2.24, 2.45) is 5.92 Å². The van der Waals surface area contributed by atoms with Gasteiger partial charge in [0, 0.05) is 6.61 Å². The molecule has 1 aromatic carbocycles. The monoisotopic (exact) mass is 516 g/mol. The highest BCUT2D eigenvalue weighted by Crippen LogP contribution is 2.31. The Morgan fingerprint density at radius 2 is 1.78 bits per heavy atom. The van der Waals surface area contributed by atoms with Crippen molar-refractivity contribution < 1.29 is 24.2 Å². The molecule has 0 aliphatic carbocycles. The second-order valence-corrected chi connectivity index (χ2v) is 10.5. The number of carbonyl (C=O) groups is 2. The summed E-state index contributed by atoms with van der Waals surface area (Å²) in [5.74, 6) is -1.71. The van der Waals surface area contributed by atoms with Gasteiger partial charge in [-0.25, -0.2) is 19.0 Å². The maximum Gasteiger partial charge on any atom is 0.348 e. The van der Waals surface area contributed by atoms with Gasteiger partial charge >= 0.3 is 17.6 Å². The summed E-state index contributed by atoms with van der Waals surface area (Å²) in [6.45, 7) is 10.5. The van der Waals surface area contributed by atoms with Crippen LogP contribution in [0.2, 0.25) is 0 Å². The molecule has 3 rings (SSSR count). The van der Waals surface area contributed by atoms with Gasteiger partial charge in [-0.3, -0.25) is 9.36 Å². The number of aliphatic carboxylic acids is 1. The van der Waals surface area contributed by atoms with E-state index in [0.29, 0.717) is 12.2 Å². The average molecular weight is 517 g/mol. The molecule has 0 aliphatic heterocycles. The van der Waals surface area contributed by atoms with E-state index in [1.54, 1.807) is 13.8 Å². The van der Waals surface area contributed by atoms with E-state index in [9.17, 15) is 24.3 Å². The third-order valence-electron chi connectivity index (χ3n) is 5.91. The Labute approximate surface area is 212 Å². The number of carboxylic acid groups (broad SMARTS) is 1. The fourth-order valence-electron chi connectivity index (χ4n) is 3.88. The van der Waals surface area contributed by atoms with Gasteiger partial charge in [0.15, 0.2) is 0 Å². The SMILES string of the molecule is CCOC(=O)c1sc2c(c1C)c(=O)n(C(C)(C)C(=O)O)c(=O)n2C[C@H](OCC(C)C)c1ccccc1. The molecule has 0 spiro atoms. The molecule has 0 unspecified atom stereocenters. The highest BCUT2D eigenvalue weighted by Gasteiger charge is 2.36. The van der Waals surface area contributed by atoms with Gasteiger partial charge in [0.2, 0.25) is 0 Å². The fraction of sp³-hybridized carbons (Fsp3) is 0.462. The Hall–Kier alpha value is -3.24. The van der Waals surface area contributed by atoms with Gasteiger partial charge in [-0.15, -0.1) is 11.3 Å². The molecule has 0 radical (unpaired) electrons. The zero-order valence-electron chi connectivity index (χ0n) is 21.4. The number of ether oxygens (including phenoxy) is 2. The smallest absolute Gasteiger partial charge is 0.348 e. The van der Waals surface area contributed by atoms with Crippen molar-refractivity contribution in [3.05, 3.63) is 67.2 Å². The van der Waals surface area contributed by atoms with Crippen molar-refractivity contribution in [2.45, 2.75) is 59.7 Å². The van der Waals surface area contributed by atoms with Crippen LogP contribution in [0.4, 0.5) is 0 Å². The van der Waals surface area contributed by atoms with Gasteiger partial charge in [0.25, 0.3) is 5.56 Å². The molecular weight excluding hydrogens is 484 g/mol. The lowest BCUT2D eigenvalue weighted by Gasteiger charge is -2.25. The molecule has 3 aromatic rings. The number of carbonyl (C=O) groups excluding carboxylic acids is 1. The number of hydrogen-bond acceptors (Lipinski definition) is 7. The molecule has 9 nitrogen and oxygen atoms in total. The van der Waals surface area contributed by atoms with E-state index in [0.717, 1.165) is 21.5 Å². The van der Waals surface area contributed by atoms with Crippen LogP contribution in [0.25, 0.3) is 10.2 Å². The molecule has 0 fully saturated rings. The lowest BCUT2D eigenvalue weighted by Crippen LogP contribution is -2.52. The van der Waals surface area contributed by atoms with Gasteiger partial charge in [-0.1, -0.05) is 44.2 Å². The number of fused-ring (bicyclic) bond motifs is 1. The lowest BCUT2D eigenvalue weighted by atomic mass is 10.1. The van der Waals surface area contributed by atoms with E-state index in [1.807, 2.05) is 44.2 Å². The van der Waals surface area contributed by atoms with Crippen LogP contribution in [0.5, 0.6) is 0 Å². The fourth-order valence-corrected chi connectivity index (χ4v) is 5.08. The maximum absolute atomic E-state index is 13.8. The van der Waals surface area contributed by atoms with Crippen LogP contribution < -0.4 is 11.2 Å². The summed E-state index contributed by atoms with van der Waals surface area (Å²) >= 11 is 0.988. The number of esters is 1. The van der Waals surface area contributed by atoms with Crippen LogP contribution >= 0.6 is 11.3 Å². The topological polar surface area (TPSA) is 117 Å². The summed E-state index contributed by atoms with van der Waals surface area (Å²) in [6.07, 6.45) is -0.554. The molecule has 194 valence electrons. The van der Waals surface area contributed by atoms with Crippen molar-refractivity contribution in [3.63, 3.8) is 0 Å². The molecule has 0 saturated carbocycles. The van der Waals surface area contributed by atoms with E-state index in [1.165, 1.54) is 18.4 Å². The summed E-state index contributed by atoms with van der Waals surface area (Å²) in [7, 11) is 0. The molecule has 1 atom stereocenters. The first-order valence-electron chi connectivity index (χ1n) is 11.8. The predicted molar refractivity (Wildman–Crippen MR) is 138 cm³/mol. The van der Waals surface area contributed by atoms with Crippen LogP contribution in [-0.2, 0) is 26.4 Å². The summed E-state index contributed by atoms with van der Waals surface area (Å²) in [5, 5.41) is 9.96. The van der Waals surface area contributed by atoms with Crippen LogP contribution in [0.15, 0.2) is 39.9 Å². The van der Waals surface area contributed by atoms with Crippen LogP contribution in [-0.4, -0.2) is 39.4 Å². The first-order valence-corrected chi connectivity index (χ1v) is 12.6. The third-order valence-corrected chi connectivity index (χ3v) is 7.20. The van der Waals surface area contributed by atoms with Gasteiger partial charge in [-0.05, 0) is 44.7 Å². The normalized spacial score (nSPS) is 12.8. The first-order chi connectivity index (χ1) is 16.9. The summed E-state index contributed by atoms with van der Waals surface area (Å²) in [4.78, 5) is 52.5. The van der Waals surface area contributed by atoms with Gasteiger partial charge in [0.05, 0.1) is 18.5 Å². The maximum atomic E-state index is 13.8. The van der Waals surface area contributed by atoms with Crippen molar-refractivity contribution in [1.82, 2.24) is 9.13 Å². The number of benzene rings is 1. The number of rotatable bonds is 10. The summed E-state index contributed by atoms with van der Waals surface area (Å²) in [5.41, 5.74) is -2.20. The minimum atomic E-state index is -1.83. The average Bonchev–Trinajstić information content (AvgIpc) is 3.16. The summed E-state index contributed by atoms with van der Waals surface area (Å²) < 4.78 is 13.4. The van der Waals surface area contributed by atoms with Crippen LogP contribution in [0, 0.1) is 12.8 Å².